The maximum atomic E-state index is 13.1. The van der Waals surface area contributed by atoms with Crippen LogP contribution in [0.3, 0.4) is 0 Å². The molecule has 7 heteroatoms. The predicted octanol–water partition coefficient (Wildman–Crippen LogP) is 3.59. The third kappa shape index (κ3) is 2.69. The molecule has 1 unspecified atom stereocenters. The lowest BCUT2D eigenvalue weighted by molar-refractivity contribution is -0.186. The Morgan fingerprint density at radius 1 is 1.14 bits per heavy atom. The Morgan fingerprint density at radius 2 is 1.91 bits per heavy atom. The molecular weight excluding hydrogens is 301 g/mol. The molecule has 0 saturated carbocycles. The van der Waals surface area contributed by atoms with Crippen LogP contribution >= 0.6 is 0 Å². The first kappa shape index (κ1) is 14.2. The second-order valence-electron chi connectivity index (χ2n) is 4.50. The Labute approximate surface area is 122 Å². The zero-order valence-corrected chi connectivity index (χ0v) is 11.0. The van der Waals surface area contributed by atoms with Crippen molar-refractivity contribution in [2.24, 2.45) is 0 Å². The number of halogens is 3. The van der Waals surface area contributed by atoms with E-state index in [0.29, 0.717) is 5.56 Å². The molecule has 0 radical (unpaired) electrons. The van der Waals surface area contributed by atoms with Crippen molar-refractivity contribution in [3.63, 3.8) is 0 Å². The third-order valence-corrected chi connectivity index (χ3v) is 2.98. The summed E-state index contributed by atoms with van der Waals surface area (Å²) in [6.07, 6.45) is -4.78. The summed E-state index contributed by atoms with van der Waals surface area (Å²) < 4.78 is 53.9. The van der Waals surface area contributed by atoms with E-state index < -0.39 is 23.8 Å². The molecule has 3 rings (SSSR count). The number of furan rings is 1. The number of ether oxygens (including phenoxy) is 2. The molecule has 114 valence electrons. The lowest BCUT2D eigenvalue weighted by Gasteiger charge is -2.27. The Hall–Kier alpha value is -2.70. The fourth-order valence-electron chi connectivity index (χ4n) is 2.02. The molecule has 1 atom stereocenters. The Morgan fingerprint density at radius 3 is 2.59 bits per heavy atom. The van der Waals surface area contributed by atoms with Gasteiger partial charge in [0.25, 0.3) is 5.95 Å². The number of esters is 1. The topological polar surface area (TPSA) is 48.7 Å². The van der Waals surface area contributed by atoms with Crippen molar-refractivity contribution in [3.8, 4) is 11.7 Å². The minimum atomic E-state index is -4.75. The van der Waals surface area contributed by atoms with Crippen molar-refractivity contribution >= 4 is 12.0 Å². The van der Waals surface area contributed by atoms with E-state index in [1.54, 1.807) is 18.2 Å². The van der Waals surface area contributed by atoms with Crippen LogP contribution in [0.2, 0.25) is 0 Å². The molecule has 1 aliphatic heterocycles. The van der Waals surface area contributed by atoms with Gasteiger partial charge in [-0.1, -0.05) is 18.2 Å². The highest BCUT2D eigenvalue weighted by Crippen LogP contribution is 2.37. The SMILES string of the molecule is O=C(Oc1ccco1)C1=Cc2ccccc2OC1C(F)(F)F. The molecule has 4 nitrogen and oxygen atoms in total. The number of para-hydroxylation sites is 1. The van der Waals surface area contributed by atoms with Crippen molar-refractivity contribution in [3.05, 3.63) is 53.8 Å². The van der Waals surface area contributed by atoms with Crippen LogP contribution in [0, 0.1) is 0 Å². The van der Waals surface area contributed by atoms with Gasteiger partial charge in [-0.05, 0) is 18.2 Å². The van der Waals surface area contributed by atoms with Crippen LogP contribution in [0.1, 0.15) is 5.56 Å². The quantitative estimate of drug-likeness (QED) is 0.795. The molecule has 0 aliphatic carbocycles. The monoisotopic (exact) mass is 310 g/mol. The molecule has 2 aromatic rings. The lowest BCUT2D eigenvalue weighted by atomic mass is 10.0. The fraction of sp³-hybridized carbons (Fsp3) is 0.133. The van der Waals surface area contributed by atoms with Crippen LogP contribution in [0.5, 0.6) is 11.7 Å². The maximum Gasteiger partial charge on any atom is 0.430 e. The molecule has 1 aromatic heterocycles. The standard InChI is InChI=1S/C15H9F3O4/c16-15(17,18)13-10(14(19)22-12-6-3-7-20-12)8-9-4-1-2-5-11(9)21-13/h1-8,13H. The third-order valence-electron chi connectivity index (χ3n) is 2.98. The van der Waals surface area contributed by atoms with Crippen molar-refractivity contribution in [2.45, 2.75) is 12.3 Å². The van der Waals surface area contributed by atoms with E-state index in [0.717, 1.165) is 6.08 Å². The van der Waals surface area contributed by atoms with Gasteiger partial charge in [-0.3, -0.25) is 0 Å². The second kappa shape index (κ2) is 5.25. The van der Waals surface area contributed by atoms with Crippen LogP contribution in [-0.2, 0) is 4.79 Å². The highest BCUT2D eigenvalue weighted by atomic mass is 19.4. The van der Waals surface area contributed by atoms with E-state index in [1.165, 1.54) is 24.5 Å². The normalized spacial score (nSPS) is 17.2. The first-order valence-electron chi connectivity index (χ1n) is 6.25. The van der Waals surface area contributed by atoms with Crippen molar-refractivity contribution in [2.75, 3.05) is 0 Å². The van der Waals surface area contributed by atoms with Crippen LogP contribution in [-0.4, -0.2) is 18.2 Å². The fourth-order valence-corrected chi connectivity index (χ4v) is 2.02. The number of fused-ring (bicyclic) bond motifs is 1. The number of hydrogen-bond donors (Lipinski definition) is 0. The smallest absolute Gasteiger partial charge is 0.430 e. The van der Waals surface area contributed by atoms with E-state index >= 15 is 0 Å². The highest BCUT2D eigenvalue weighted by Gasteiger charge is 2.49. The van der Waals surface area contributed by atoms with Gasteiger partial charge >= 0.3 is 12.1 Å². The summed E-state index contributed by atoms with van der Waals surface area (Å²) in [4.78, 5) is 12.0. The number of benzene rings is 1. The maximum absolute atomic E-state index is 13.1. The van der Waals surface area contributed by atoms with Crippen LogP contribution in [0.25, 0.3) is 6.08 Å². The summed E-state index contributed by atoms with van der Waals surface area (Å²) in [6, 6.07) is 8.89. The van der Waals surface area contributed by atoms with Gasteiger partial charge in [0.2, 0.25) is 6.10 Å². The van der Waals surface area contributed by atoms with Gasteiger partial charge in [0.1, 0.15) is 5.75 Å². The average Bonchev–Trinajstić information content (AvgIpc) is 2.98. The summed E-state index contributed by atoms with van der Waals surface area (Å²) in [6.45, 7) is 0. The minimum absolute atomic E-state index is 0.0550. The van der Waals surface area contributed by atoms with Gasteiger partial charge in [0.15, 0.2) is 0 Å². The van der Waals surface area contributed by atoms with Crippen molar-refractivity contribution in [1.82, 2.24) is 0 Å². The summed E-state index contributed by atoms with van der Waals surface area (Å²) in [5.74, 6) is -1.31. The summed E-state index contributed by atoms with van der Waals surface area (Å²) >= 11 is 0. The van der Waals surface area contributed by atoms with Crippen LogP contribution < -0.4 is 9.47 Å². The Kier molecular flexibility index (Phi) is 3.40. The first-order valence-corrected chi connectivity index (χ1v) is 6.25. The van der Waals surface area contributed by atoms with E-state index in [2.05, 4.69) is 0 Å². The van der Waals surface area contributed by atoms with E-state index in [9.17, 15) is 18.0 Å². The average molecular weight is 310 g/mol. The molecule has 0 fully saturated rings. The molecule has 0 spiro atoms. The first-order chi connectivity index (χ1) is 10.4. The number of hydrogen-bond acceptors (Lipinski definition) is 4. The van der Waals surface area contributed by atoms with E-state index in [-0.39, 0.29) is 11.7 Å². The summed E-state index contributed by atoms with van der Waals surface area (Å²) in [5, 5.41) is 0. The molecule has 0 saturated heterocycles. The van der Waals surface area contributed by atoms with Crippen LogP contribution in [0.15, 0.2) is 52.7 Å². The molecule has 0 amide bonds. The van der Waals surface area contributed by atoms with Crippen molar-refractivity contribution in [1.29, 1.82) is 0 Å². The number of rotatable bonds is 2. The molecule has 0 bridgehead atoms. The number of carbonyl (C=O) groups is 1. The minimum Gasteiger partial charge on any atom is -0.475 e. The van der Waals surface area contributed by atoms with Gasteiger partial charge in [0.05, 0.1) is 11.8 Å². The molecule has 1 aliphatic rings. The molecular formula is C15H9F3O4. The largest absolute Gasteiger partial charge is 0.475 e. The molecule has 0 N–H and O–H groups in total. The molecule has 22 heavy (non-hydrogen) atoms. The van der Waals surface area contributed by atoms with Gasteiger partial charge < -0.3 is 13.9 Å². The zero-order valence-electron chi connectivity index (χ0n) is 11.0. The highest BCUT2D eigenvalue weighted by molar-refractivity contribution is 5.97. The van der Waals surface area contributed by atoms with Crippen LogP contribution in [0.4, 0.5) is 13.2 Å². The second-order valence-corrected chi connectivity index (χ2v) is 4.50. The number of carbonyl (C=O) groups excluding carboxylic acids is 1. The van der Waals surface area contributed by atoms with Gasteiger partial charge in [-0.25, -0.2) is 4.79 Å². The Balaban J connectivity index is 1.97. The lowest BCUT2D eigenvalue weighted by Crippen LogP contribution is -2.41. The zero-order chi connectivity index (χ0) is 15.7. The number of alkyl halides is 3. The molecule has 2 heterocycles. The van der Waals surface area contributed by atoms with E-state index in [4.69, 9.17) is 13.9 Å². The van der Waals surface area contributed by atoms with Gasteiger partial charge in [0, 0.05) is 11.6 Å². The summed E-state index contributed by atoms with van der Waals surface area (Å²) in [5.41, 5.74) is -0.267. The van der Waals surface area contributed by atoms with Gasteiger partial charge in [-0.15, -0.1) is 0 Å². The van der Waals surface area contributed by atoms with Gasteiger partial charge in [-0.2, -0.15) is 13.2 Å². The van der Waals surface area contributed by atoms with Crippen molar-refractivity contribution < 1.29 is 31.9 Å². The molecule has 1 aromatic carbocycles. The predicted molar refractivity (Wildman–Crippen MR) is 69.2 cm³/mol. The summed E-state index contributed by atoms with van der Waals surface area (Å²) in [7, 11) is 0. The Bertz CT molecular complexity index is 717. The van der Waals surface area contributed by atoms with E-state index in [1.807, 2.05) is 0 Å².